The van der Waals surface area contributed by atoms with Crippen LogP contribution in [0.5, 0.6) is 0 Å². The molecule has 25 heavy (non-hydrogen) atoms. The predicted octanol–water partition coefficient (Wildman–Crippen LogP) is 4.62. The van der Waals surface area contributed by atoms with Crippen molar-refractivity contribution in [1.29, 1.82) is 0 Å². The average Bonchev–Trinajstić information content (AvgIpc) is 3.19. The highest BCUT2D eigenvalue weighted by molar-refractivity contribution is 5.79. The van der Waals surface area contributed by atoms with Crippen molar-refractivity contribution in [2.24, 2.45) is 0 Å². The summed E-state index contributed by atoms with van der Waals surface area (Å²) < 4.78 is 1.94. The van der Waals surface area contributed by atoms with E-state index in [0.717, 1.165) is 39.8 Å². The number of benzene rings is 2. The molecule has 5 nitrogen and oxygen atoms in total. The molecule has 2 aromatic carbocycles. The summed E-state index contributed by atoms with van der Waals surface area (Å²) in [4.78, 5) is 0. The lowest BCUT2D eigenvalue weighted by Crippen LogP contribution is -2.03. The number of para-hydroxylation sites is 1. The van der Waals surface area contributed by atoms with Gasteiger partial charge in [0.2, 0.25) is 0 Å². The molecule has 5 heteroatoms. The van der Waals surface area contributed by atoms with Gasteiger partial charge in [0.15, 0.2) is 5.82 Å². The van der Waals surface area contributed by atoms with E-state index in [2.05, 4.69) is 38.8 Å². The molecular formula is C20H19N5. The SMILES string of the molecule is Cc1cc(C)n(-c2c(Nc3ccccc3)n[nH]c2-c2ccccc2)n1. The second kappa shape index (κ2) is 6.28. The Morgan fingerprint density at radius 2 is 1.60 bits per heavy atom. The van der Waals surface area contributed by atoms with Gasteiger partial charge in [0.1, 0.15) is 5.69 Å². The van der Waals surface area contributed by atoms with Crippen molar-refractivity contribution in [3.8, 4) is 16.9 Å². The van der Waals surface area contributed by atoms with Crippen LogP contribution in [0.4, 0.5) is 11.5 Å². The summed E-state index contributed by atoms with van der Waals surface area (Å²) >= 11 is 0. The molecule has 4 aromatic rings. The second-order valence-corrected chi connectivity index (χ2v) is 5.99. The van der Waals surface area contributed by atoms with Crippen molar-refractivity contribution in [3.05, 3.63) is 78.1 Å². The highest BCUT2D eigenvalue weighted by Crippen LogP contribution is 2.32. The highest BCUT2D eigenvalue weighted by Gasteiger charge is 2.19. The Hall–Kier alpha value is -3.34. The quantitative estimate of drug-likeness (QED) is 0.574. The zero-order valence-electron chi connectivity index (χ0n) is 14.2. The number of nitrogens with zero attached hydrogens (tertiary/aromatic N) is 3. The molecule has 0 aliphatic heterocycles. The molecule has 2 aromatic heterocycles. The van der Waals surface area contributed by atoms with Crippen molar-refractivity contribution in [2.45, 2.75) is 13.8 Å². The van der Waals surface area contributed by atoms with Crippen molar-refractivity contribution in [3.63, 3.8) is 0 Å². The van der Waals surface area contributed by atoms with Crippen molar-refractivity contribution in [2.75, 3.05) is 5.32 Å². The summed E-state index contributed by atoms with van der Waals surface area (Å²) in [5, 5.41) is 15.7. The van der Waals surface area contributed by atoms with E-state index in [1.54, 1.807) is 0 Å². The first-order valence-electron chi connectivity index (χ1n) is 8.22. The molecule has 124 valence electrons. The molecule has 0 radical (unpaired) electrons. The third kappa shape index (κ3) is 2.92. The molecule has 2 heterocycles. The first-order valence-corrected chi connectivity index (χ1v) is 8.22. The van der Waals surface area contributed by atoms with Gasteiger partial charge in [0, 0.05) is 16.9 Å². The molecule has 0 fully saturated rings. The second-order valence-electron chi connectivity index (χ2n) is 5.99. The van der Waals surface area contributed by atoms with Gasteiger partial charge in [0.05, 0.1) is 11.4 Å². The summed E-state index contributed by atoms with van der Waals surface area (Å²) in [7, 11) is 0. The Labute approximate surface area is 146 Å². The number of aryl methyl sites for hydroxylation is 2. The molecule has 0 spiro atoms. The van der Waals surface area contributed by atoms with E-state index >= 15 is 0 Å². The third-order valence-corrected chi connectivity index (χ3v) is 4.06. The van der Waals surface area contributed by atoms with Crippen LogP contribution in [-0.2, 0) is 0 Å². The van der Waals surface area contributed by atoms with Crippen LogP contribution in [0.15, 0.2) is 66.7 Å². The van der Waals surface area contributed by atoms with E-state index < -0.39 is 0 Å². The standard InChI is InChI=1S/C20H19N5/c1-14-13-15(2)25(24-14)19-18(16-9-5-3-6-10-16)22-23-20(19)21-17-11-7-4-8-12-17/h3-13H,1-2H3,(H2,21,22,23). The summed E-state index contributed by atoms with van der Waals surface area (Å²) in [6.45, 7) is 4.05. The minimum absolute atomic E-state index is 0.747. The number of nitrogens with one attached hydrogen (secondary N) is 2. The molecule has 2 N–H and O–H groups in total. The Kier molecular flexibility index (Phi) is 3.82. The van der Waals surface area contributed by atoms with Crippen LogP contribution < -0.4 is 5.32 Å². The van der Waals surface area contributed by atoms with Gasteiger partial charge in [-0.15, -0.1) is 0 Å². The normalized spacial score (nSPS) is 10.8. The number of aromatic amines is 1. The van der Waals surface area contributed by atoms with Crippen LogP contribution in [0.3, 0.4) is 0 Å². The molecule has 0 aliphatic rings. The first-order chi connectivity index (χ1) is 12.2. The maximum Gasteiger partial charge on any atom is 0.178 e. The molecule has 4 rings (SSSR count). The van der Waals surface area contributed by atoms with E-state index in [4.69, 9.17) is 0 Å². The number of H-pyrrole nitrogens is 1. The van der Waals surface area contributed by atoms with E-state index in [1.807, 2.05) is 67.1 Å². The monoisotopic (exact) mass is 329 g/mol. The van der Waals surface area contributed by atoms with Gasteiger partial charge in [-0.1, -0.05) is 48.5 Å². The van der Waals surface area contributed by atoms with Crippen LogP contribution in [0, 0.1) is 13.8 Å². The largest absolute Gasteiger partial charge is 0.337 e. The van der Waals surface area contributed by atoms with Gasteiger partial charge in [-0.2, -0.15) is 10.2 Å². The minimum atomic E-state index is 0.747. The molecular weight excluding hydrogens is 310 g/mol. The molecule has 0 saturated heterocycles. The minimum Gasteiger partial charge on any atom is -0.337 e. The van der Waals surface area contributed by atoms with Crippen LogP contribution in [0.2, 0.25) is 0 Å². The topological polar surface area (TPSA) is 58.5 Å². The van der Waals surface area contributed by atoms with E-state index in [0.29, 0.717) is 0 Å². The van der Waals surface area contributed by atoms with Crippen LogP contribution in [0.25, 0.3) is 16.9 Å². The number of aromatic nitrogens is 4. The molecule has 0 atom stereocenters. The number of hydrogen-bond donors (Lipinski definition) is 2. The molecule has 0 bridgehead atoms. The van der Waals surface area contributed by atoms with E-state index in [9.17, 15) is 0 Å². The van der Waals surface area contributed by atoms with Gasteiger partial charge < -0.3 is 5.32 Å². The van der Waals surface area contributed by atoms with Crippen molar-refractivity contribution in [1.82, 2.24) is 20.0 Å². The number of rotatable bonds is 4. The molecule has 0 saturated carbocycles. The molecule has 0 unspecified atom stereocenters. The van der Waals surface area contributed by atoms with Crippen molar-refractivity contribution >= 4 is 11.5 Å². The fourth-order valence-electron chi connectivity index (χ4n) is 2.95. The van der Waals surface area contributed by atoms with E-state index in [1.165, 1.54) is 0 Å². The van der Waals surface area contributed by atoms with Gasteiger partial charge in [-0.05, 0) is 32.0 Å². The van der Waals surface area contributed by atoms with Gasteiger partial charge in [-0.3, -0.25) is 5.10 Å². The van der Waals surface area contributed by atoms with Crippen molar-refractivity contribution < 1.29 is 0 Å². The first kappa shape index (κ1) is 15.2. The zero-order valence-corrected chi connectivity index (χ0v) is 14.2. The number of anilines is 2. The van der Waals surface area contributed by atoms with Crippen LogP contribution >= 0.6 is 0 Å². The summed E-state index contributed by atoms with van der Waals surface area (Å²) in [5.41, 5.74) is 5.94. The number of hydrogen-bond acceptors (Lipinski definition) is 3. The van der Waals surface area contributed by atoms with Crippen LogP contribution in [-0.4, -0.2) is 20.0 Å². The Morgan fingerprint density at radius 3 is 2.24 bits per heavy atom. The Morgan fingerprint density at radius 1 is 0.920 bits per heavy atom. The summed E-state index contributed by atoms with van der Waals surface area (Å²) in [6, 6.07) is 22.3. The summed E-state index contributed by atoms with van der Waals surface area (Å²) in [5.74, 6) is 0.747. The molecule has 0 amide bonds. The highest BCUT2D eigenvalue weighted by atomic mass is 15.3. The maximum atomic E-state index is 4.66. The lowest BCUT2D eigenvalue weighted by Gasteiger charge is -2.10. The van der Waals surface area contributed by atoms with E-state index in [-0.39, 0.29) is 0 Å². The van der Waals surface area contributed by atoms with Gasteiger partial charge in [-0.25, -0.2) is 4.68 Å². The fraction of sp³-hybridized carbons (Fsp3) is 0.100. The smallest absolute Gasteiger partial charge is 0.178 e. The lowest BCUT2D eigenvalue weighted by atomic mass is 10.1. The third-order valence-electron chi connectivity index (χ3n) is 4.06. The van der Waals surface area contributed by atoms with Crippen LogP contribution in [0.1, 0.15) is 11.4 Å². The van der Waals surface area contributed by atoms with Gasteiger partial charge in [0.25, 0.3) is 0 Å². The van der Waals surface area contributed by atoms with Gasteiger partial charge >= 0.3 is 0 Å². The Bertz CT molecular complexity index is 984. The average molecular weight is 329 g/mol. The lowest BCUT2D eigenvalue weighted by molar-refractivity contribution is 0.837. The maximum absolute atomic E-state index is 4.66. The predicted molar refractivity (Wildman–Crippen MR) is 100 cm³/mol. The Balaban J connectivity index is 1.88. The molecule has 0 aliphatic carbocycles. The zero-order chi connectivity index (χ0) is 17.2. The fourth-order valence-corrected chi connectivity index (χ4v) is 2.95. The summed E-state index contributed by atoms with van der Waals surface area (Å²) in [6.07, 6.45) is 0.